The molecule has 1 heterocycles. The summed E-state index contributed by atoms with van der Waals surface area (Å²) in [4.78, 5) is 29.4. The van der Waals surface area contributed by atoms with Gasteiger partial charge in [-0.05, 0) is 35.5 Å². The van der Waals surface area contributed by atoms with Gasteiger partial charge in [0.15, 0.2) is 5.11 Å². The summed E-state index contributed by atoms with van der Waals surface area (Å²) in [6.45, 7) is 4.54. The molecule has 0 spiro atoms. The van der Waals surface area contributed by atoms with Crippen LogP contribution in [-0.2, 0) is 4.79 Å². The second-order valence-electron chi connectivity index (χ2n) is 8.45. The number of nitrogens with zero attached hydrogens (tertiary/aromatic N) is 2. The highest BCUT2D eigenvalue weighted by atomic mass is 32.1. The lowest BCUT2D eigenvalue weighted by atomic mass is 9.96. The number of piperazine rings is 1. The molecule has 6 nitrogen and oxygen atoms in total. The van der Waals surface area contributed by atoms with E-state index in [9.17, 15) is 9.59 Å². The molecular weight excluding hydrogens is 456 g/mol. The summed E-state index contributed by atoms with van der Waals surface area (Å²) in [7, 11) is 0. The summed E-state index contributed by atoms with van der Waals surface area (Å²) in [6, 6.07) is 28.4. The minimum Gasteiger partial charge on any atom is -0.336 e. The van der Waals surface area contributed by atoms with Gasteiger partial charge in [-0.25, -0.2) is 0 Å². The monoisotopic (exact) mass is 486 g/mol. The van der Waals surface area contributed by atoms with Gasteiger partial charge in [-0.1, -0.05) is 79.7 Å². The molecule has 7 heteroatoms. The van der Waals surface area contributed by atoms with E-state index in [1.54, 1.807) is 19.1 Å². The Labute approximate surface area is 211 Å². The number of carbonyl (C=O) groups is 2. The van der Waals surface area contributed by atoms with Crippen LogP contribution in [0.4, 0.5) is 5.69 Å². The van der Waals surface area contributed by atoms with Gasteiger partial charge in [-0.15, -0.1) is 0 Å². The number of anilines is 1. The number of para-hydroxylation sites is 1. The number of hydrogen-bond acceptors (Lipinski definition) is 4. The first kappa shape index (κ1) is 24.6. The van der Waals surface area contributed by atoms with Crippen molar-refractivity contribution in [2.75, 3.05) is 31.5 Å². The van der Waals surface area contributed by atoms with E-state index in [1.807, 2.05) is 29.2 Å². The Hall–Kier alpha value is -3.55. The van der Waals surface area contributed by atoms with Crippen LogP contribution in [-0.4, -0.2) is 52.9 Å². The van der Waals surface area contributed by atoms with Gasteiger partial charge in [0.1, 0.15) is 0 Å². The molecule has 1 aliphatic rings. The summed E-state index contributed by atoms with van der Waals surface area (Å²) < 4.78 is 0. The molecule has 3 aromatic rings. The highest BCUT2D eigenvalue weighted by molar-refractivity contribution is 7.80. The van der Waals surface area contributed by atoms with Crippen molar-refractivity contribution in [2.45, 2.75) is 19.4 Å². The highest BCUT2D eigenvalue weighted by Crippen LogP contribution is 2.30. The number of carbonyl (C=O) groups excluding carboxylic acids is 2. The maximum Gasteiger partial charge on any atom is 0.256 e. The molecule has 0 aromatic heterocycles. The first-order chi connectivity index (χ1) is 17.1. The lowest BCUT2D eigenvalue weighted by Gasteiger charge is -2.40. The van der Waals surface area contributed by atoms with Crippen molar-refractivity contribution in [1.29, 1.82) is 0 Å². The molecule has 1 aliphatic heterocycles. The lowest BCUT2D eigenvalue weighted by Crippen LogP contribution is -2.50. The molecule has 2 N–H and O–H groups in total. The van der Waals surface area contributed by atoms with Gasteiger partial charge < -0.3 is 15.5 Å². The van der Waals surface area contributed by atoms with Crippen molar-refractivity contribution in [1.82, 2.24) is 15.1 Å². The SMILES string of the molecule is CCC(=O)NC(=S)Nc1ccccc1C(=O)N1CCN(C(c2ccccc2)c2ccccc2)CC1. The zero-order chi connectivity index (χ0) is 24.6. The Bertz CT molecular complexity index is 1120. The maximum absolute atomic E-state index is 13.4. The molecule has 180 valence electrons. The van der Waals surface area contributed by atoms with E-state index in [0.29, 0.717) is 30.8 Å². The van der Waals surface area contributed by atoms with Gasteiger partial charge in [-0.3, -0.25) is 14.5 Å². The van der Waals surface area contributed by atoms with Crippen molar-refractivity contribution in [2.24, 2.45) is 0 Å². The van der Waals surface area contributed by atoms with Crippen LogP contribution in [0.1, 0.15) is 40.9 Å². The number of benzene rings is 3. The third-order valence-corrected chi connectivity index (χ3v) is 6.38. The van der Waals surface area contributed by atoms with Gasteiger partial charge in [0.25, 0.3) is 5.91 Å². The number of rotatable bonds is 6. The molecule has 0 bridgehead atoms. The third kappa shape index (κ3) is 6.12. The summed E-state index contributed by atoms with van der Waals surface area (Å²) in [5.41, 5.74) is 3.62. The van der Waals surface area contributed by atoms with Crippen molar-refractivity contribution in [3.63, 3.8) is 0 Å². The van der Waals surface area contributed by atoms with Crippen LogP contribution in [0.25, 0.3) is 0 Å². The van der Waals surface area contributed by atoms with Gasteiger partial charge >= 0.3 is 0 Å². The molecule has 0 aliphatic carbocycles. The van der Waals surface area contributed by atoms with Crippen LogP contribution in [0.5, 0.6) is 0 Å². The van der Waals surface area contributed by atoms with Crippen LogP contribution in [0, 0.1) is 0 Å². The van der Waals surface area contributed by atoms with Crippen LogP contribution in [0.2, 0.25) is 0 Å². The Kier molecular flexibility index (Phi) is 8.23. The molecule has 0 atom stereocenters. The lowest BCUT2D eigenvalue weighted by molar-refractivity contribution is -0.119. The molecule has 0 unspecified atom stereocenters. The fourth-order valence-corrected chi connectivity index (χ4v) is 4.61. The van der Waals surface area contributed by atoms with Crippen molar-refractivity contribution in [3.8, 4) is 0 Å². The smallest absolute Gasteiger partial charge is 0.256 e. The predicted octanol–water partition coefficient (Wildman–Crippen LogP) is 4.46. The van der Waals surface area contributed by atoms with E-state index in [0.717, 1.165) is 13.1 Å². The van der Waals surface area contributed by atoms with Gasteiger partial charge in [0, 0.05) is 32.6 Å². The number of nitrogens with one attached hydrogen (secondary N) is 2. The first-order valence-corrected chi connectivity index (χ1v) is 12.3. The molecule has 3 aromatic carbocycles. The highest BCUT2D eigenvalue weighted by Gasteiger charge is 2.29. The molecule has 1 fully saturated rings. The Morgan fingerprint density at radius 2 is 1.37 bits per heavy atom. The maximum atomic E-state index is 13.4. The zero-order valence-electron chi connectivity index (χ0n) is 19.8. The molecule has 0 radical (unpaired) electrons. The Morgan fingerprint density at radius 3 is 1.94 bits per heavy atom. The minimum atomic E-state index is -0.172. The van der Waals surface area contributed by atoms with E-state index in [4.69, 9.17) is 12.2 Å². The zero-order valence-corrected chi connectivity index (χ0v) is 20.6. The average Bonchev–Trinajstić information content (AvgIpc) is 2.90. The molecular formula is C28H30N4O2S. The van der Waals surface area contributed by atoms with Gasteiger partial charge in [-0.2, -0.15) is 0 Å². The second kappa shape index (κ2) is 11.7. The summed E-state index contributed by atoms with van der Waals surface area (Å²) in [5, 5.41) is 5.82. The quantitative estimate of drug-likeness (QED) is 0.504. The third-order valence-electron chi connectivity index (χ3n) is 6.18. The Morgan fingerprint density at radius 1 is 0.829 bits per heavy atom. The first-order valence-electron chi connectivity index (χ1n) is 11.9. The van der Waals surface area contributed by atoms with Crippen LogP contribution in [0.15, 0.2) is 84.9 Å². The molecule has 2 amide bonds. The van der Waals surface area contributed by atoms with Crippen LogP contribution >= 0.6 is 12.2 Å². The van der Waals surface area contributed by atoms with Crippen LogP contribution < -0.4 is 10.6 Å². The van der Waals surface area contributed by atoms with E-state index in [-0.39, 0.29) is 23.0 Å². The largest absolute Gasteiger partial charge is 0.336 e. The van der Waals surface area contributed by atoms with Crippen LogP contribution in [0.3, 0.4) is 0 Å². The second-order valence-corrected chi connectivity index (χ2v) is 8.86. The van der Waals surface area contributed by atoms with E-state index >= 15 is 0 Å². The van der Waals surface area contributed by atoms with E-state index < -0.39 is 0 Å². The summed E-state index contributed by atoms with van der Waals surface area (Å²) in [6.07, 6.45) is 0.333. The predicted molar refractivity (Wildman–Crippen MR) is 143 cm³/mol. The van der Waals surface area contributed by atoms with Gasteiger partial charge in [0.2, 0.25) is 5.91 Å². The number of amides is 2. The summed E-state index contributed by atoms with van der Waals surface area (Å²) >= 11 is 5.24. The summed E-state index contributed by atoms with van der Waals surface area (Å²) in [5.74, 6) is -0.220. The average molecular weight is 487 g/mol. The standard InChI is InChI=1S/C28H30N4O2S/c1-2-25(33)30-28(35)29-24-16-10-9-15-23(24)27(34)32-19-17-31(18-20-32)26(21-11-5-3-6-12-21)22-13-7-4-8-14-22/h3-16,26H,2,17-20H2,1H3,(H2,29,30,33,35). The van der Waals surface area contributed by atoms with Crippen molar-refractivity contribution >= 4 is 34.8 Å². The Balaban J connectivity index is 1.46. The van der Waals surface area contributed by atoms with E-state index in [2.05, 4.69) is 64.1 Å². The van der Waals surface area contributed by atoms with E-state index in [1.165, 1.54) is 11.1 Å². The topological polar surface area (TPSA) is 64.7 Å². The number of thiocarbonyl (C=S) groups is 1. The fraction of sp³-hybridized carbons (Fsp3) is 0.250. The number of hydrogen-bond donors (Lipinski definition) is 2. The molecule has 35 heavy (non-hydrogen) atoms. The van der Waals surface area contributed by atoms with Gasteiger partial charge in [0.05, 0.1) is 17.3 Å². The minimum absolute atomic E-state index is 0.0478. The van der Waals surface area contributed by atoms with Crippen molar-refractivity contribution < 1.29 is 9.59 Å². The molecule has 4 rings (SSSR count). The molecule has 1 saturated heterocycles. The fourth-order valence-electron chi connectivity index (χ4n) is 4.39. The van der Waals surface area contributed by atoms with Crippen molar-refractivity contribution in [3.05, 3.63) is 102 Å². The normalized spacial score (nSPS) is 13.9. The molecule has 0 saturated carbocycles.